The predicted octanol–water partition coefficient (Wildman–Crippen LogP) is 4.38. The van der Waals surface area contributed by atoms with Gasteiger partial charge in [0, 0.05) is 78.4 Å². The first-order valence-corrected chi connectivity index (χ1v) is 20.1. The van der Waals surface area contributed by atoms with Crippen LogP contribution in [0.2, 0.25) is 0 Å². The van der Waals surface area contributed by atoms with E-state index in [0.29, 0.717) is 51.0 Å². The summed E-state index contributed by atoms with van der Waals surface area (Å²) in [5.74, 6) is -0.952. The van der Waals surface area contributed by atoms with Crippen molar-refractivity contribution in [1.82, 2.24) is 40.8 Å². The van der Waals surface area contributed by atoms with Crippen molar-refractivity contribution in [3.05, 3.63) is 102 Å². The van der Waals surface area contributed by atoms with Gasteiger partial charge in [0.2, 0.25) is 17.7 Å². The molecule has 1 aliphatic rings. The minimum atomic E-state index is -0.897. The van der Waals surface area contributed by atoms with E-state index >= 15 is 0 Å². The zero-order chi connectivity index (χ0) is 39.4. The number of rotatable bonds is 11. The number of fused-ring (bicyclic) bond motifs is 3. The Bertz CT molecular complexity index is 2110. The fourth-order valence-electron chi connectivity index (χ4n) is 6.93. The lowest BCUT2D eigenvalue weighted by atomic mass is 10.0. The number of aromatic nitrogens is 4. The van der Waals surface area contributed by atoms with Gasteiger partial charge in [0.05, 0.1) is 11.7 Å². The average Bonchev–Trinajstić information content (AvgIpc) is 3.63. The molecule has 0 aliphatic carbocycles. The average molecular weight is 777 g/mol. The highest BCUT2D eigenvalue weighted by molar-refractivity contribution is 7.99. The van der Waals surface area contributed by atoms with Crippen molar-refractivity contribution in [3.8, 4) is 11.3 Å². The Balaban J connectivity index is 1.42. The van der Waals surface area contributed by atoms with Gasteiger partial charge in [0.25, 0.3) is 0 Å². The van der Waals surface area contributed by atoms with Crippen LogP contribution in [0.5, 0.6) is 0 Å². The van der Waals surface area contributed by atoms with Crippen molar-refractivity contribution >= 4 is 40.4 Å². The number of nitrogens with two attached hydrogens (primary N) is 2. The third kappa shape index (κ3) is 10.2. The fraction of sp³-hybridized carbons (Fsp3) is 0.381. The summed E-state index contributed by atoms with van der Waals surface area (Å²) in [4.78, 5) is 62.8. The van der Waals surface area contributed by atoms with E-state index in [2.05, 4.69) is 25.9 Å². The standard InChI is InChI=1S/C42H52N10O3S/c1-27-15-16-28(22-46-27)36-20-31-25-50-40(54)37(21-30-24-47-33-12-4-3-11-32(30)33)52(2)42(55)35(14-6-8-18-44)51-39(53)34(13-5-7-17-43)48-23-29-10-9-19-45-41(29)56-38(31)26-49-36/h3-4,9-12,15-16,19-20,22,24,26,34-35,37,47-48H,5-8,13-14,17-18,21,23,25,43-44H2,1-2H3,(H,50,54)(H,51,53)/t34-,35-,37-/m0/s1. The van der Waals surface area contributed by atoms with Crippen LogP contribution in [0.15, 0.2) is 89.3 Å². The second-order valence-corrected chi connectivity index (χ2v) is 15.3. The molecule has 8 N–H and O–H groups in total. The molecule has 0 radical (unpaired) electrons. The molecule has 0 saturated carbocycles. The highest BCUT2D eigenvalue weighted by atomic mass is 32.2. The van der Waals surface area contributed by atoms with Crippen LogP contribution in [0.3, 0.4) is 0 Å². The number of likely N-dealkylation sites (N-methyl/N-ethyl adjacent to an activating group) is 1. The minimum Gasteiger partial charge on any atom is -0.361 e. The molecule has 5 heterocycles. The molecule has 5 aromatic rings. The predicted molar refractivity (Wildman–Crippen MR) is 219 cm³/mol. The van der Waals surface area contributed by atoms with E-state index < -0.39 is 18.1 Å². The Labute approximate surface area is 332 Å². The van der Waals surface area contributed by atoms with Crippen LogP contribution in [0, 0.1) is 6.92 Å². The first-order chi connectivity index (χ1) is 27.2. The zero-order valence-electron chi connectivity index (χ0n) is 32.1. The van der Waals surface area contributed by atoms with Gasteiger partial charge in [-0.25, -0.2) is 4.98 Å². The number of nitrogens with zero attached hydrogens (tertiary/aromatic N) is 4. The topological polar surface area (TPSA) is 197 Å². The molecule has 13 nitrogen and oxygen atoms in total. The molecular weight excluding hydrogens is 725 g/mol. The van der Waals surface area contributed by atoms with Gasteiger partial charge in [-0.05, 0) is 99.1 Å². The first-order valence-electron chi connectivity index (χ1n) is 19.3. The number of pyridine rings is 3. The summed E-state index contributed by atoms with van der Waals surface area (Å²) in [6.07, 6.45) is 11.2. The Morgan fingerprint density at radius 1 is 0.839 bits per heavy atom. The molecular formula is C42H52N10O3S. The van der Waals surface area contributed by atoms with Crippen molar-refractivity contribution in [2.75, 3.05) is 20.1 Å². The molecule has 294 valence electrons. The van der Waals surface area contributed by atoms with Gasteiger partial charge >= 0.3 is 0 Å². The van der Waals surface area contributed by atoms with Crippen molar-refractivity contribution in [2.45, 2.75) is 93.0 Å². The van der Waals surface area contributed by atoms with Crippen LogP contribution in [0.25, 0.3) is 22.2 Å². The van der Waals surface area contributed by atoms with Crippen molar-refractivity contribution in [1.29, 1.82) is 0 Å². The number of aromatic amines is 1. The minimum absolute atomic E-state index is 0.169. The smallest absolute Gasteiger partial charge is 0.245 e. The third-order valence-electron chi connectivity index (χ3n) is 10.2. The summed E-state index contributed by atoms with van der Waals surface area (Å²) in [5, 5.41) is 11.4. The largest absolute Gasteiger partial charge is 0.361 e. The van der Waals surface area contributed by atoms with E-state index in [1.807, 2.05) is 67.7 Å². The number of carbonyl (C=O) groups is 3. The second-order valence-electron chi connectivity index (χ2n) is 14.2. The molecule has 1 aromatic carbocycles. The number of nitrogens with one attached hydrogen (secondary N) is 4. The Morgan fingerprint density at radius 3 is 2.39 bits per heavy atom. The quantitative estimate of drug-likeness (QED) is 0.105. The number of hydrogen-bond acceptors (Lipinski definition) is 10. The van der Waals surface area contributed by atoms with Crippen LogP contribution in [0.4, 0.5) is 0 Å². The van der Waals surface area contributed by atoms with Gasteiger partial charge in [0.15, 0.2) is 0 Å². The van der Waals surface area contributed by atoms with Crippen molar-refractivity contribution in [3.63, 3.8) is 0 Å². The third-order valence-corrected chi connectivity index (χ3v) is 11.4. The molecule has 6 rings (SSSR count). The van der Waals surface area contributed by atoms with Gasteiger partial charge in [0.1, 0.15) is 17.1 Å². The van der Waals surface area contributed by atoms with Gasteiger partial charge in [-0.3, -0.25) is 24.4 Å². The molecule has 14 heteroatoms. The second kappa shape index (κ2) is 19.6. The Kier molecular flexibility index (Phi) is 14.2. The lowest BCUT2D eigenvalue weighted by Gasteiger charge is -2.32. The number of aryl methyl sites for hydroxylation is 1. The first kappa shape index (κ1) is 40.5. The maximum Gasteiger partial charge on any atom is 0.245 e. The van der Waals surface area contributed by atoms with Crippen LogP contribution >= 0.6 is 11.8 Å². The summed E-state index contributed by atoms with van der Waals surface area (Å²) in [5.41, 5.74) is 17.7. The van der Waals surface area contributed by atoms with E-state index in [4.69, 9.17) is 21.4 Å². The zero-order valence-corrected chi connectivity index (χ0v) is 32.9. The molecule has 56 heavy (non-hydrogen) atoms. The van der Waals surface area contributed by atoms with Crippen molar-refractivity contribution in [2.24, 2.45) is 11.5 Å². The maximum atomic E-state index is 14.6. The van der Waals surface area contributed by atoms with E-state index in [1.54, 1.807) is 25.6 Å². The molecule has 3 amide bonds. The Morgan fingerprint density at radius 2 is 1.62 bits per heavy atom. The number of unbranched alkanes of at least 4 members (excludes halogenated alkanes) is 2. The number of benzene rings is 1. The number of H-pyrrole nitrogens is 1. The molecule has 3 atom stereocenters. The molecule has 0 unspecified atom stereocenters. The normalized spacial score (nSPS) is 18.5. The van der Waals surface area contributed by atoms with Gasteiger partial charge in [-0.2, -0.15) is 0 Å². The number of para-hydroxylation sites is 1. The van der Waals surface area contributed by atoms with Crippen molar-refractivity contribution < 1.29 is 14.4 Å². The summed E-state index contributed by atoms with van der Waals surface area (Å²) in [6, 6.07) is 15.3. The van der Waals surface area contributed by atoms with Gasteiger partial charge in [-0.15, -0.1) is 0 Å². The van der Waals surface area contributed by atoms with E-state index in [1.165, 1.54) is 16.7 Å². The fourth-order valence-corrected chi connectivity index (χ4v) is 7.90. The summed E-state index contributed by atoms with van der Waals surface area (Å²) in [6.45, 7) is 3.44. The summed E-state index contributed by atoms with van der Waals surface area (Å²) < 4.78 is 0. The SMILES string of the molecule is Cc1ccc(-c2cc3c(cn2)Sc2ncccc2CN[C@@H](CCCCN)C(=O)N[C@@H](CCCCN)C(=O)N(C)[C@@H](Cc2c[nH]c4ccccc24)C(=O)NC3)cn1. The van der Waals surface area contributed by atoms with E-state index in [9.17, 15) is 14.4 Å². The molecule has 4 aromatic heterocycles. The molecule has 0 spiro atoms. The number of amides is 3. The number of hydrogen-bond donors (Lipinski definition) is 6. The lowest BCUT2D eigenvalue weighted by Crippen LogP contribution is -2.57. The van der Waals surface area contributed by atoms with Gasteiger partial charge < -0.3 is 37.3 Å². The summed E-state index contributed by atoms with van der Waals surface area (Å²) in [7, 11) is 1.65. The molecule has 1 aliphatic heterocycles. The lowest BCUT2D eigenvalue weighted by molar-refractivity contribution is -0.142. The van der Waals surface area contributed by atoms with Crippen LogP contribution in [-0.2, 0) is 33.9 Å². The van der Waals surface area contributed by atoms with Gasteiger partial charge in [-0.1, -0.05) is 42.4 Å². The highest BCUT2D eigenvalue weighted by Gasteiger charge is 2.34. The van der Waals surface area contributed by atoms with Crippen LogP contribution in [0.1, 0.15) is 60.9 Å². The molecule has 0 bridgehead atoms. The van der Waals surface area contributed by atoms with E-state index in [0.717, 1.165) is 61.6 Å². The monoisotopic (exact) mass is 776 g/mol. The molecule has 0 fully saturated rings. The maximum absolute atomic E-state index is 14.6. The van der Waals surface area contributed by atoms with E-state index in [-0.39, 0.29) is 30.7 Å². The van der Waals surface area contributed by atoms with Crippen LogP contribution < -0.4 is 27.4 Å². The highest BCUT2D eigenvalue weighted by Crippen LogP contribution is 2.33. The van der Waals surface area contributed by atoms with Crippen LogP contribution in [-0.4, -0.2) is 80.8 Å². The Hall–Kier alpha value is -5.15. The molecule has 0 saturated heterocycles. The number of carbonyl (C=O) groups excluding carboxylic acids is 3. The summed E-state index contributed by atoms with van der Waals surface area (Å²) >= 11 is 1.45.